The Morgan fingerprint density at radius 3 is 1.25 bits per heavy atom. The number of carbonyl (C=O) groups is 2. The Morgan fingerprint density at radius 1 is 0.700 bits per heavy atom. The van der Waals surface area contributed by atoms with Crippen LogP contribution >= 0.6 is 0 Å². The Labute approximate surface area is 117 Å². The average Bonchev–Trinajstić information content (AvgIpc) is 3.15. The molecule has 0 bridgehead atoms. The Kier molecular flexibility index (Phi) is 2.41. The quantitative estimate of drug-likeness (QED) is 0.564. The first kappa shape index (κ1) is 12.2. The van der Waals surface area contributed by atoms with Crippen molar-refractivity contribution < 1.29 is 19.1 Å². The molecule has 0 heterocycles. The molecule has 0 aromatic rings. The monoisotopic (exact) mass is 274 g/mol. The second-order valence-corrected chi connectivity index (χ2v) is 6.33. The highest BCUT2D eigenvalue weighted by Gasteiger charge is 2.67. The Morgan fingerprint density at radius 2 is 1.00 bits per heavy atom. The van der Waals surface area contributed by atoms with Gasteiger partial charge in [-0.15, -0.1) is 0 Å². The fourth-order valence-electron chi connectivity index (χ4n) is 5.42. The molecule has 0 amide bonds. The van der Waals surface area contributed by atoms with Crippen LogP contribution in [0.2, 0.25) is 0 Å². The first-order chi connectivity index (χ1) is 9.69. The van der Waals surface area contributed by atoms with E-state index in [0.29, 0.717) is 11.8 Å². The summed E-state index contributed by atoms with van der Waals surface area (Å²) in [6.07, 6.45) is 8.54. The first-order valence-electron chi connectivity index (χ1n) is 7.21. The van der Waals surface area contributed by atoms with Gasteiger partial charge in [-0.3, -0.25) is 9.59 Å². The fraction of sp³-hybridized carbons (Fsp3) is 0.625. The molecule has 4 aliphatic rings. The van der Waals surface area contributed by atoms with Gasteiger partial charge >= 0.3 is 11.9 Å². The summed E-state index contributed by atoms with van der Waals surface area (Å²) in [5.41, 5.74) is 0. The number of ether oxygens (including phenoxy) is 2. The van der Waals surface area contributed by atoms with Crippen LogP contribution in [-0.4, -0.2) is 26.2 Å². The maximum Gasteiger partial charge on any atom is 0.309 e. The van der Waals surface area contributed by atoms with Crippen LogP contribution in [0.3, 0.4) is 0 Å². The zero-order valence-electron chi connectivity index (χ0n) is 11.6. The van der Waals surface area contributed by atoms with Crippen molar-refractivity contribution in [1.82, 2.24) is 0 Å². The van der Waals surface area contributed by atoms with E-state index in [0.717, 1.165) is 0 Å². The van der Waals surface area contributed by atoms with E-state index in [2.05, 4.69) is 24.3 Å². The largest absolute Gasteiger partial charge is 0.469 e. The molecule has 2 fully saturated rings. The van der Waals surface area contributed by atoms with Crippen molar-refractivity contribution in [2.45, 2.75) is 0 Å². The van der Waals surface area contributed by atoms with Crippen molar-refractivity contribution in [1.29, 1.82) is 0 Å². The minimum Gasteiger partial charge on any atom is -0.469 e. The minimum atomic E-state index is -0.111. The SMILES string of the molecule is COC(=O)C1[C@H]2C=C[C@H]3C(C(=O)OC)[C@@H]4C=C[C@@H]1C4C23. The molecule has 0 N–H and O–H groups in total. The Hall–Kier alpha value is -1.58. The molecule has 20 heavy (non-hydrogen) atoms. The number of rotatable bonds is 2. The normalized spacial score (nSPS) is 49.5. The Balaban J connectivity index is 1.74. The van der Waals surface area contributed by atoms with E-state index in [1.165, 1.54) is 14.2 Å². The summed E-state index contributed by atoms with van der Waals surface area (Å²) in [5, 5.41) is 0. The van der Waals surface area contributed by atoms with Gasteiger partial charge < -0.3 is 9.47 Å². The molecule has 4 nitrogen and oxygen atoms in total. The van der Waals surface area contributed by atoms with Gasteiger partial charge in [0.05, 0.1) is 26.1 Å². The van der Waals surface area contributed by atoms with E-state index in [9.17, 15) is 9.59 Å². The molecule has 0 aromatic carbocycles. The summed E-state index contributed by atoms with van der Waals surface area (Å²) >= 11 is 0. The van der Waals surface area contributed by atoms with E-state index in [1.807, 2.05) is 0 Å². The smallest absolute Gasteiger partial charge is 0.309 e. The number of carbonyl (C=O) groups excluding carboxylic acids is 2. The highest BCUT2D eigenvalue weighted by Crippen LogP contribution is 2.67. The second-order valence-electron chi connectivity index (χ2n) is 6.33. The number of methoxy groups -OCH3 is 2. The molecule has 4 rings (SSSR count). The molecule has 0 aromatic heterocycles. The van der Waals surface area contributed by atoms with E-state index >= 15 is 0 Å². The summed E-state index contributed by atoms with van der Waals surface area (Å²) < 4.78 is 10.00. The van der Waals surface area contributed by atoms with Gasteiger partial charge in [0.15, 0.2) is 0 Å². The maximum absolute atomic E-state index is 12.1. The van der Waals surface area contributed by atoms with E-state index in [-0.39, 0.29) is 47.4 Å². The molecule has 4 heteroatoms. The van der Waals surface area contributed by atoms with Crippen molar-refractivity contribution in [3.8, 4) is 0 Å². The van der Waals surface area contributed by atoms with Gasteiger partial charge in [-0.2, -0.15) is 0 Å². The van der Waals surface area contributed by atoms with E-state index < -0.39 is 0 Å². The van der Waals surface area contributed by atoms with Crippen LogP contribution in [0.25, 0.3) is 0 Å². The van der Waals surface area contributed by atoms with Gasteiger partial charge in [-0.25, -0.2) is 0 Å². The lowest BCUT2D eigenvalue weighted by Crippen LogP contribution is -2.29. The third kappa shape index (κ3) is 1.23. The number of hydrogen-bond donors (Lipinski definition) is 0. The van der Waals surface area contributed by atoms with Crippen LogP contribution in [0.4, 0.5) is 0 Å². The van der Waals surface area contributed by atoms with Crippen LogP contribution in [0.5, 0.6) is 0 Å². The summed E-state index contributed by atoms with van der Waals surface area (Å²) in [5.74, 6) is 1.33. The molecule has 0 saturated heterocycles. The van der Waals surface area contributed by atoms with Gasteiger partial charge in [-0.1, -0.05) is 24.3 Å². The summed E-state index contributed by atoms with van der Waals surface area (Å²) in [6, 6.07) is 0. The van der Waals surface area contributed by atoms with Crippen molar-refractivity contribution in [2.75, 3.05) is 14.2 Å². The van der Waals surface area contributed by atoms with E-state index in [1.54, 1.807) is 0 Å². The lowest BCUT2D eigenvalue weighted by Gasteiger charge is -2.21. The summed E-state index contributed by atoms with van der Waals surface area (Å²) in [7, 11) is 2.92. The second kappa shape index (κ2) is 3.96. The third-order valence-electron chi connectivity index (χ3n) is 5.94. The topological polar surface area (TPSA) is 52.6 Å². The molecule has 2 saturated carbocycles. The molecule has 0 aliphatic heterocycles. The maximum atomic E-state index is 12.1. The molecule has 4 aliphatic carbocycles. The highest BCUT2D eigenvalue weighted by atomic mass is 16.5. The molecular formula is C16H18O4. The average molecular weight is 274 g/mol. The zero-order chi connectivity index (χ0) is 14.0. The van der Waals surface area contributed by atoms with Crippen molar-refractivity contribution in [2.24, 2.45) is 47.3 Å². The van der Waals surface area contributed by atoms with Crippen molar-refractivity contribution in [3.63, 3.8) is 0 Å². The minimum absolute atomic E-state index is 0.0731. The van der Waals surface area contributed by atoms with E-state index in [4.69, 9.17) is 9.47 Å². The zero-order valence-corrected chi connectivity index (χ0v) is 11.6. The van der Waals surface area contributed by atoms with Crippen LogP contribution in [0, 0.1) is 47.3 Å². The lowest BCUT2D eigenvalue weighted by molar-refractivity contribution is -0.148. The Bertz CT molecular complexity index is 459. The van der Waals surface area contributed by atoms with Crippen LogP contribution in [-0.2, 0) is 19.1 Å². The summed E-state index contributed by atoms with van der Waals surface area (Å²) in [4.78, 5) is 24.2. The molecule has 8 atom stereocenters. The van der Waals surface area contributed by atoms with Crippen LogP contribution in [0.15, 0.2) is 24.3 Å². The predicted molar refractivity (Wildman–Crippen MR) is 70.2 cm³/mol. The summed E-state index contributed by atoms with van der Waals surface area (Å²) in [6.45, 7) is 0. The van der Waals surface area contributed by atoms with Gasteiger partial charge in [0.2, 0.25) is 0 Å². The highest BCUT2D eigenvalue weighted by molar-refractivity contribution is 5.78. The standard InChI is InChI=1S/C16H18O4/c1-19-15(17)13-7-3-5-9-11(7)12-8(13)4-6-10(12)14(9)16(18)20-2/h3-14H,1-2H3/t7-,8-,9-,10+,11?,12?,13?,14?/m1/s1. The molecule has 106 valence electrons. The number of hydrogen-bond acceptors (Lipinski definition) is 4. The van der Waals surface area contributed by atoms with Gasteiger partial charge in [0, 0.05) is 0 Å². The third-order valence-corrected chi connectivity index (χ3v) is 5.94. The molecule has 4 unspecified atom stereocenters. The van der Waals surface area contributed by atoms with Crippen LogP contribution in [0.1, 0.15) is 0 Å². The predicted octanol–water partition coefficient (Wildman–Crippen LogP) is 1.43. The molecule has 0 radical (unpaired) electrons. The van der Waals surface area contributed by atoms with Crippen LogP contribution < -0.4 is 0 Å². The van der Waals surface area contributed by atoms with Gasteiger partial charge in [0.25, 0.3) is 0 Å². The molecular weight excluding hydrogens is 256 g/mol. The lowest BCUT2D eigenvalue weighted by atomic mass is 9.83. The van der Waals surface area contributed by atoms with Crippen molar-refractivity contribution in [3.05, 3.63) is 24.3 Å². The van der Waals surface area contributed by atoms with Gasteiger partial charge in [0.1, 0.15) is 0 Å². The van der Waals surface area contributed by atoms with Crippen molar-refractivity contribution >= 4 is 11.9 Å². The number of esters is 2. The first-order valence-corrected chi connectivity index (χ1v) is 7.21. The number of allylic oxidation sites excluding steroid dienone is 4. The molecule has 0 spiro atoms. The van der Waals surface area contributed by atoms with Gasteiger partial charge in [-0.05, 0) is 35.5 Å². The fourth-order valence-corrected chi connectivity index (χ4v) is 5.42.